The molecule has 0 aliphatic heterocycles. The fourth-order valence-electron chi connectivity index (χ4n) is 3.67. The predicted molar refractivity (Wildman–Crippen MR) is 130 cm³/mol. The summed E-state index contributed by atoms with van der Waals surface area (Å²) in [7, 11) is 1.59. The lowest BCUT2D eigenvalue weighted by molar-refractivity contribution is 0.102. The zero-order chi connectivity index (χ0) is 24.0. The summed E-state index contributed by atoms with van der Waals surface area (Å²) < 4.78 is 17.9. The number of methoxy groups -OCH3 is 1. The van der Waals surface area contributed by atoms with Crippen molar-refractivity contribution in [3.63, 3.8) is 0 Å². The summed E-state index contributed by atoms with van der Waals surface area (Å²) in [6.07, 6.45) is 4.87. The fourth-order valence-corrected chi connectivity index (χ4v) is 3.67. The molecular formula is C26H23N5O4. The Morgan fingerprint density at radius 3 is 2.77 bits per heavy atom. The lowest BCUT2D eigenvalue weighted by Gasteiger charge is -2.12. The molecule has 1 amide bonds. The van der Waals surface area contributed by atoms with Gasteiger partial charge in [0.1, 0.15) is 24.6 Å². The Labute approximate surface area is 201 Å². The number of pyridine rings is 2. The van der Waals surface area contributed by atoms with E-state index in [2.05, 4.69) is 15.4 Å². The molecule has 35 heavy (non-hydrogen) atoms. The van der Waals surface area contributed by atoms with Crippen LogP contribution in [-0.2, 0) is 11.3 Å². The maximum absolute atomic E-state index is 13.5. The van der Waals surface area contributed by atoms with E-state index in [1.165, 1.54) is 0 Å². The van der Waals surface area contributed by atoms with Crippen molar-refractivity contribution in [2.75, 3.05) is 25.6 Å². The first-order valence-corrected chi connectivity index (χ1v) is 11.1. The third kappa shape index (κ3) is 4.90. The highest BCUT2D eigenvalue weighted by Crippen LogP contribution is 2.27. The highest BCUT2D eigenvalue weighted by Gasteiger charge is 2.19. The first-order valence-electron chi connectivity index (χ1n) is 11.1. The molecular weight excluding hydrogens is 446 g/mol. The Bertz CT molecular complexity index is 1430. The summed E-state index contributed by atoms with van der Waals surface area (Å²) in [6.45, 7) is 1.11. The van der Waals surface area contributed by atoms with Crippen molar-refractivity contribution in [1.82, 2.24) is 19.7 Å². The number of fused-ring (bicyclic) bond motifs is 1. The van der Waals surface area contributed by atoms with Gasteiger partial charge in [-0.2, -0.15) is 5.10 Å². The van der Waals surface area contributed by atoms with Crippen LogP contribution in [0, 0.1) is 0 Å². The van der Waals surface area contributed by atoms with Crippen LogP contribution in [0.25, 0.3) is 22.3 Å². The third-order valence-corrected chi connectivity index (χ3v) is 5.35. The summed E-state index contributed by atoms with van der Waals surface area (Å²) in [5.41, 5.74) is 3.02. The van der Waals surface area contributed by atoms with Gasteiger partial charge in [0.25, 0.3) is 5.91 Å². The van der Waals surface area contributed by atoms with Crippen LogP contribution in [0.5, 0.6) is 5.88 Å². The van der Waals surface area contributed by atoms with E-state index in [1.807, 2.05) is 42.5 Å². The number of nitrogens with zero attached hydrogens (tertiary/aromatic N) is 4. The standard InChI is InChI=1S/C26H23N5O4/c1-33-13-14-35-26-22(10-5-11-27-26)30-25(32)20-15-23(18-7-3-2-4-8-18)29-24-21(20)16-28-31(24)17-19-9-6-12-34-19/h2-12,15-16H,13-14,17H2,1H3,(H,30,32). The van der Waals surface area contributed by atoms with Gasteiger partial charge in [0.05, 0.1) is 35.7 Å². The number of anilines is 1. The lowest BCUT2D eigenvalue weighted by Crippen LogP contribution is -2.15. The number of ether oxygens (including phenoxy) is 2. The number of amides is 1. The molecule has 4 heterocycles. The van der Waals surface area contributed by atoms with Crippen LogP contribution in [0.15, 0.2) is 83.7 Å². The Kier molecular flexibility index (Phi) is 6.49. The van der Waals surface area contributed by atoms with Crippen molar-refractivity contribution in [2.45, 2.75) is 6.54 Å². The number of benzene rings is 1. The monoisotopic (exact) mass is 469 g/mol. The Hall–Kier alpha value is -4.50. The van der Waals surface area contributed by atoms with Crippen molar-refractivity contribution in [3.05, 3.63) is 90.6 Å². The molecule has 0 aliphatic rings. The molecule has 0 atom stereocenters. The molecule has 9 nitrogen and oxygen atoms in total. The van der Waals surface area contributed by atoms with Crippen molar-refractivity contribution in [1.29, 1.82) is 0 Å². The summed E-state index contributed by atoms with van der Waals surface area (Å²) in [5.74, 6) is 0.734. The minimum absolute atomic E-state index is 0.313. The number of carbonyl (C=O) groups excluding carboxylic acids is 1. The molecule has 0 spiro atoms. The molecule has 0 aliphatic carbocycles. The molecule has 0 fully saturated rings. The molecule has 9 heteroatoms. The minimum atomic E-state index is -0.322. The summed E-state index contributed by atoms with van der Waals surface area (Å²) in [4.78, 5) is 22.6. The molecule has 1 aromatic carbocycles. The van der Waals surface area contributed by atoms with E-state index >= 15 is 0 Å². The van der Waals surface area contributed by atoms with Gasteiger partial charge in [-0.1, -0.05) is 30.3 Å². The number of nitrogens with one attached hydrogen (secondary N) is 1. The normalized spacial score (nSPS) is 11.0. The molecule has 176 valence electrons. The van der Waals surface area contributed by atoms with Gasteiger partial charge in [0, 0.05) is 18.9 Å². The number of furan rings is 1. The predicted octanol–water partition coefficient (Wildman–Crippen LogP) is 4.41. The topological polar surface area (TPSA) is 104 Å². The average Bonchev–Trinajstić information content (AvgIpc) is 3.56. The zero-order valence-electron chi connectivity index (χ0n) is 19.0. The van der Waals surface area contributed by atoms with Crippen LogP contribution < -0.4 is 10.1 Å². The van der Waals surface area contributed by atoms with Gasteiger partial charge in [-0.05, 0) is 30.3 Å². The van der Waals surface area contributed by atoms with E-state index in [0.29, 0.717) is 53.6 Å². The second kappa shape index (κ2) is 10.2. The van der Waals surface area contributed by atoms with Crippen LogP contribution in [0.4, 0.5) is 5.69 Å². The van der Waals surface area contributed by atoms with E-state index in [9.17, 15) is 4.79 Å². The van der Waals surface area contributed by atoms with Crippen molar-refractivity contribution in [2.24, 2.45) is 0 Å². The first kappa shape index (κ1) is 22.3. The van der Waals surface area contributed by atoms with Crippen LogP contribution >= 0.6 is 0 Å². The quantitative estimate of drug-likeness (QED) is 0.319. The molecule has 5 rings (SSSR count). The van der Waals surface area contributed by atoms with Gasteiger partial charge in [-0.15, -0.1) is 0 Å². The molecule has 4 aromatic heterocycles. The van der Waals surface area contributed by atoms with Gasteiger partial charge in [-0.25, -0.2) is 14.6 Å². The smallest absolute Gasteiger partial charge is 0.256 e. The second-order valence-electron chi connectivity index (χ2n) is 7.69. The maximum Gasteiger partial charge on any atom is 0.256 e. The van der Waals surface area contributed by atoms with E-state index in [1.54, 1.807) is 48.6 Å². The summed E-state index contributed by atoms with van der Waals surface area (Å²) >= 11 is 0. The fraction of sp³-hybridized carbons (Fsp3) is 0.154. The van der Waals surface area contributed by atoms with Crippen LogP contribution in [-0.4, -0.2) is 46.0 Å². The maximum atomic E-state index is 13.5. The van der Waals surface area contributed by atoms with Crippen molar-refractivity contribution >= 4 is 22.6 Å². The summed E-state index contributed by atoms with van der Waals surface area (Å²) in [6, 6.07) is 18.6. The second-order valence-corrected chi connectivity index (χ2v) is 7.69. The van der Waals surface area contributed by atoms with Gasteiger partial charge in [0.15, 0.2) is 5.65 Å². The van der Waals surface area contributed by atoms with Crippen LogP contribution in [0.3, 0.4) is 0 Å². The zero-order valence-corrected chi connectivity index (χ0v) is 19.0. The highest BCUT2D eigenvalue weighted by molar-refractivity contribution is 6.13. The molecule has 0 saturated heterocycles. The molecule has 0 radical (unpaired) electrons. The van der Waals surface area contributed by atoms with E-state index < -0.39 is 0 Å². The van der Waals surface area contributed by atoms with Crippen molar-refractivity contribution in [3.8, 4) is 17.1 Å². The number of hydrogen-bond acceptors (Lipinski definition) is 7. The van der Waals surface area contributed by atoms with Gasteiger partial charge in [-0.3, -0.25) is 4.79 Å². The van der Waals surface area contributed by atoms with Gasteiger partial charge in [0.2, 0.25) is 5.88 Å². The SMILES string of the molecule is COCCOc1ncccc1NC(=O)c1cc(-c2ccccc2)nc2c1cnn2Cc1ccco1. The Morgan fingerprint density at radius 2 is 1.97 bits per heavy atom. The Balaban J connectivity index is 1.54. The number of carbonyl (C=O) groups is 1. The van der Waals surface area contributed by atoms with E-state index in [0.717, 1.165) is 11.3 Å². The largest absolute Gasteiger partial charge is 0.474 e. The van der Waals surface area contributed by atoms with E-state index in [4.69, 9.17) is 18.9 Å². The van der Waals surface area contributed by atoms with Gasteiger partial charge < -0.3 is 19.2 Å². The van der Waals surface area contributed by atoms with Crippen molar-refractivity contribution < 1.29 is 18.7 Å². The third-order valence-electron chi connectivity index (χ3n) is 5.35. The van der Waals surface area contributed by atoms with Crippen LogP contribution in [0.1, 0.15) is 16.1 Å². The molecule has 0 saturated carbocycles. The minimum Gasteiger partial charge on any atom is -0.474 e. The molecule has 5 aromatic rings. The number of hydrogen-bond donors (Lipinski definition) is 1. The lowest BCUT2D eigenvalue weighted by atomic mass is 10.1. The average molecular weight is 470 g/mol. The van der Waals surface area contributed by atoms with Gasteiger partial charge >= 0.3 is 0 Å². The number of rotatable bonds is 9. The number of aromatic nitrogens is 4. The van der Waals surface area contributed by atoms with E-state index in [-0.39, 0.29) is 5.91 Å². The highest BCUT2D eigenvalue weighted by atomic mass is 16.5. The molecule has 1 N–H and O–H groups in total. The molecule has 0 unspecified atom stereocenters. The Morgan fingerprint density at radius 1 is 1.09 bits per heavy atom. The van der Waals surface area contributed by atoms with Crippen LogP contribution in [0.2, 0.25) is 0 Å². The summed E-state index contributed by atoms with van der Waals surface area (Å²) in [5, 5.41) is 8.04. The molecule has 0 bridgehead atoms. The first-order chi connectivity index (χ1) is 17.2.